The Hall–Kier alpha value is -2.06. The smallest absolute Gasteiger partial charge is 0.349 e. The minimum atomic E-state index is -0.965. The van der Waals surface area contributed by atoms with E-state index in [1.165, 1.54) is 28.7 Å². The summed E-state index contributed by atoms with van der Waals surface area (Å²) in [6.45, 7) is 1.61. The van der Waals surface area contributed by atoms with E-state index in [2.05, 4.69) is 4.98 Å². The fourth-order valence-corrected chi connectivity index (χ4v) is 4.08. The van der Waals surface area contributed by atoms with Crippen molar-refractivity contribution in [2.24, 2.45) is 0 Å². The molecule has 0 saturated heterocycles. The van der Waals surface area contributed by atoms with Gasteiger partial charge in [0.2, 0.25) is 0 Å². The van der Waals surface area contributed by atoms with Crippen molar-refractivity contribution in [2.75, 3.05) is 19.0 Å². The van der Waals surface area contributed by atoms with Crippen LogP contribution in [0.3, 0.4) is 0 Å². The molecule has 0 bridgehead atoms. The Bertz CT molecular complexity index is 873. The van der Waals surface area contributed by atoms with Crippen LogP contribution in [-0.2, 0) is 4.74 Å². The molecule has 0 saturated carbocycles. The summed E-state index contributed by atoms with van der Waals surface area (Å²) in [5.74, 6) is -2.40. The molecule has 0 unspecified atom stereocenters. The summed E-state index contributed by atoms with van der Waals surface area (Å²) >= 11 is 2.74. The van der Waals surface area contributed by atoms with Crippen LogP contribution in [0.15, 0.2) is 24.3 Å². The number of esters is 1. The van der Waals surface area contributed by atoms with E-state index in [9.17, 15) is 13.6 Å². The number of hydrogen-bond acceptors (Lipinski definition) is 6. The molecule has 126 valence electrons. The number of anilines is 1. The number of rotatable bonds is 4. The van der Waals surface area contributed by atoms with E-state index in [0.717, 1.165) is 26.8 Å². The van der Waals surface area contributed by atoms with E-state index in [4.69, 9.17) is 4.74 Å². The van der Waals surface area contributed by atoms with Crippen molar-refractivity contribution in [1.29, 1.82) is 0 Å². The number of carbonyl (C=O) groups is 1. The van der Waals surface area contributed by atoms with Crippen LogP contribution < -0.4 is 4.90 Å². The second-order valence-corrected chi connectivity index (χ2v) is 7.43. The number of halogens is 2. The van der Waals surface area contributed by atoms with Gasteiger partial charge in [-0.3, -0.25) is 0 Å². The number of nitrogens with zero attached hydrogens (tertiary/aromatic N) is 2. The van der Waals surface area contributed by atoms with Gasteiger partial charge in [-0.1, -0.05) is 17.4 Å². The molecule has 0 aliphatic carbocycles. The molecular formula is C16H14F2N2O2S2. The lowest BCUT2D eigenvalue weighted by molar-refractivity contribution is 0.0343. The van der Waals surface area contributed by atoms with Gasteiger partial charge in [0.1, 0.15) is 15.8 Å². The molecule has 1 atom stereocenters. The average Bonchev–Trinajstić information content (AvgIpc) is 3.08. The van der Waals surface area contributed by atoms with Gasteiger partial charge in [-0.05, 0) is 30.7 Å². The van der Waals surface area contributed by atoms with Crippen LogP contribution in [0.2, 0.25) is 0 Å². The predicted octanol–water partition coefficient (Wildman–Crippen LogP) is 4.62. The zero-order valence-corrected chi connectivity index (χ0v) is 14.8. The summed E-state index contributed by atoms with van der Waals surface area (Å²) in [4.78, 5) is 19.8. The Balaban J connectivity index is 1.76. The van der Waals surface area contributed by atoms with Gasteiger partial charge < -0.3 is 9.64 Å². The highest BCUT2D eigenvalue weighted by Crippen LogP contribution is 2.34. The summed E-state index contributed by atoms with van der Waals surface area (Å²) in [6, 6.07) is 5.19. The van der Waals surface area contributed by atoms with Gasteiger partial charge in [-0.15, -0.1) is 11.3 Å². The number of hydrogen-bond donors (Lipinski definition) is 0. The summed E-state index contributed by atoms with van der Waals surface area (Å²) in [6.07, 6.45) is -0.682. The molecule has 2 aromatic heterocycles. The lowest BCUT2D eigenvalue weighted by Crippen LogP contribution is -2.08. The third-order valence-corrected chi connectivity index (χ3v) is 5.67. The van der Waals surface area contributed by atoms with Crippen molar-refractivity contribution in [3.8, 4) is 0 Å². The minimum Gasteiger partial charge on any atom is -0.454 e. The topological polar surface area (TPSA) is 42.4 Å². The van der Waals surface area contributed by atoms with Gasteiger partial charge >= 0.3 is 5.97 Å². The average molecular weight is 368 g/mol. The van der Waals surface area contributed by atoms with Crippen molar-refractivity contribution in [1.82, 2.24) is 4.98 Å². The maximum atomic E-state index is 13.3. The number of benzene rings is 1. The van der Waals surface area contributed by atoms with Gasteiger partial charge in [0.05, 0.1) is 4.70 Å². The first-order valence-electron chi connectivity index (χ1n) is 7.09. The van der Waals surface area contributed by atoms with Gasteiger partial charge in [0.25, 0.3) is 0 Å². The predicted molar refractivity (Wildman–Crippen MR) is 92.0 cm³/mol. The molecule has 0 N–H and O–H groups in total. The molecule has 0 aliphatic heterocycles. The summed E-state index contributed by atoms with van der Waals surface area (Å²) in [5, 5.41) is 0.867. The van der Waals surface area contributed by atoms with E-state index in [-0.39, 0.29) is 0 Å². The first-order chi connectivity index (χ1) is 11.3. The Morgan fingerprint density at radius 2 is 1.96 bits per heavy atom. The standard InChI is InChI=1S/C16H14F2N2O2S2/c1-8(9-4-5-10(17)11(18)6-9)22-15(21)13-7-12-14(23-13)19-16(24-12)20(2)3/h4-8H,1-3H3/t8-/m0/s1. The zero-order chi connectivity index (χ0) is 17.4. The van der Waals surface area contributed by atoms with Crippen molar-refractivity contribution in [3.63, 3.8) is 0 Å². The number of aromatic nitrogens is 1. The van der Waals surface area contributed by atoms with Crippen molar-refractivity contribution < 1.29 is 18.3 Å². The van der Waals surface area contributed by atoms with Crippen molar-refractivity contribution in [3.05, 3.63) is 46.3 Å². The number of carbonyl (C=O) groups excluding carboxylic acids is 1. The van der Waals surface area contributed by atoms with E-state index in [0.29, 0.717) is 10.4 Å². The Morgan fingerprint density at radius 3 is 2.58 bits per heavy atom. The van der Waals surface area contributed by atoms with Crippen molar-refractivity contribution >= 4 is 43.3 Å². The van der Waals surface area contributed by atoms with E-state index in [1.807, 2.05) is 19.0 Å². The van der Waals surface area contributed by atoms with Crippen LogP contribution in [-0.4, -0.2) is 25.0 Å². The molecule has 4 nitrogen and oxygen atoms in total. The normalized spacial score (nSPS) is 12.4. The molecular weight excluding hydrogens is 354 g/mol. The fourth-order valence-electron chi connectivity index (χ4n) is 2.07. The highest BCUT2D eigenvalue weighted by atomic mass is 32.1. The Morgan fingerprint density at radius 1 is 1.21 bits per heavy atom. The van der Waals surface area contributed by atoms with E-state index in [1.54, 1.807) is 13.0 Å². The first-order valence-corrected chi connectivity index (χ1v) is 8.72. The number of ether oxygens (including phenoxy) is 1. The lowest BCUT2D eigenvalue weighted by Gasteiger charge is -2.13. The maximum absolute atomic E-state index is 13.3. The van der Waals surface area contributed by atoms with Gasteiger partial charge in [-0.25, -0.2) is 18.6 Å². The maximum Gasteiger partial charge on any atom is 0.349 e. The number of thiophene rings is 1. The molecule has 0 spiro atoms. The van der Waals surface area contributed by atoms with Crippen LogP contribution in [0, 0.1) is 11.6 Å². The minimum absolute atomic E-state index is 0.397. The van der Waals surface area contributed by atoms with Crippen LogP contribution >= 0.6 is 22.7 Å². The third kappa shape index (κ3) is 3.25. The molecule has 0 aliphatic rings. The quantitative estimate of drug-likeness (QED) is 0.630. The SMILES string of the molecule is C[C@H](OC(=O)c1cc2sc(N(C)C)nc2s1)c1ccc(F)c(F)c1. The highest BCUT2D eigenvalue weighted by molar-refractivity contribution is 7.29. The van der Waals surface area contributed by atoms with Crippen LogP contribution in [0.25, 0.3) is 9.53 Å². The molecule has 8 heteroatoms. The molecule has 0 radical (unpaired) electrons. The van der Waals surface area contributed by atoms with Gasteiger partial charge in [-0.2, -0.15) is 0 Å². The second-order valence-electron chi connectivity index (χ2n) is 5.39. The number of thiazole rings is 1. The monoisotopic (exact) mass is 368 g/mol. The lowest BCUT2D eigenvalue weighted by atomic mass is 10.1. The number of fused-ring (bicyclic) bond motifs is 1. The zero-order valence-electron chi connectivity index (χ0n) is 13.2. The van der Waals surface area contributed by atoms with E-state index < -0.39 is 23.7 Å². The second kappa shape index (κ2) is 6.45. The molecule has 3 aromatic rings. The van der Waals surface area contributed by atoms with Crippen LogP contribution in [0.4, 0.5) is 13.9 Å². The van der Waals surface area contributed by atoms with Gasteiger partial charge in [0.15, 0.2) is 16.8 Å². The van der Waals surface area contributed by atoms with Crippen molar-refractivity contribution in [2.45, 2.75) is 13.0 Å². The molecule has 2 heterocycles. The summed E-state index contributed by atoms with van der Waals surface area (Å²) in [5.41, 5.74) is 0.397. The summed E-state index contributed by atoms with van der Waals surface area (Å²) in [7, 11) is 3.81. The van der Waals surface area contributed by atoms with Crippen LogP contribution in [0.1, 0.15) is 28.3 Å². The van der Waals surface area contributed by atoms with Gasteiger partial charge in [0, 0.05) is 14.1 Å². The first kappa shape index (κ1) is 16.8. The molecule has 1 aromatic carbocycles. The molecule has 0 amide bonds. The highest BCUT2D eigenvalue weighted by Gasteiger charge is 2.19. The van der Waals surface area contributed by atoms with Crippen LogP contribution in [0.5, 0.6) is 0 Å². The molecule has 24 heavy (non-hydrogen) atoms. The fraction of sp³-hybridized carbons (Fsp3) is 0.250. The third-order valence-electron chi connectivity index (χ3n) is 3.36. The Kier molecular flexibility index (Phi) is 4.51. The largest absolute Gasteiger partial charge is 0.454 e. The summed E-state index contributed by atoms with van der Waals surface area (Å²) < 4.78 is 32.5. The molecule has 0 fully saturated rings. The van der Waals surface area contributed by atoms with E-state index >= 15 is 0 Å². The molecule has 3 rings (SSSR count). The Labute approximate surface area is 145 Å².